The lowest BCUT2D eigenvalue weighted by Gasteiger charge is -2.34. The lowest BCUT2D eigenvalue weighted by molar-refractivity contribution is 0.0985. The molecule has 1 atom stereocenters. The predicted octanol–water partition coefficient (Wildman–Crippen LogP) is 3.03. The highest BCUT2D eigenvalue weighted by Crippen LogP contribution is 2.26. The molecule has 1 aromatic heterocycles. The molecule has 0 aliphatic carbocycles. The van der Waals surface area contributed by atoms with Gasteiger partial charge in [0.15, 0.2) is 15.7 Å². The molecule has 2 heterocycles. The Kier molecular flexibility index (Phi) is 8.93. The summed E-state index contributed by atoms with van der Waals surface area (Å²) in [7, 11) is 0.286. The zero-order chi connectivity index (χ0) is 27.1. The average molecular weight is 539 g/mol. The number of urea groups is 1. The van der Waals surface area contributed by atoms with Crippen molar-refractivity contribution in [1.82, 2.24) is 20.2 Å². The van der Waals surface area contributed by atoms with Gasteiger partial charge in [-0.1, -0.05) is 18.2 Å². The molecule has 1 fully saturated rings. The minimum Gasteiger partial charge on any atom is -0.377 e. The number of hydrogen-bond donors (Lipinski definition) is 2. The summed E-state index contributed by atoms with van der Waals surface area (Å²) in [5, 5.41) is 5.62. The topological polar surface area (TPSA) is 117 Å². The molecule has 3 aromatic rings. The molecule has 10 nitrogen and oxygen atoms in total. The molecule has 1 aliphatic rings. The van der Waals surface area contributed by atoms with Crippen molar-refractivity contribution in [3.8, 4) is 11.4 Å². The number of nitrogens with zero attached hydrogens (tertiary/aromatic N) is 4. The van der Waals surface area contributed by atoms with Crippen LogP contribution in [0.3, 0.4) is 0 Å². The van der Waals surface area contributed by atoms with Gasteiger partial charge >= 0.3 is 6.03 Å². The van der Waals surface area contributed by atoms with E-state index in [9.17, 15) is 13.2 Å². The molecular formula is C27H34N6O4S. The molecule has 2 amide bonds. The number of carbonyl (C=O) groups is 1. The van der Waals surface area contributed by atoms with Crippen LogP contribution in [0.4, 0.5) is 16.3 Å². The number of amides is 2. The van der Waals surface area contributed by atoms with Gasteiger partial charge in [-0.25, -0.2) is 23.2 Å². The van der Waals surface area contributed by atoms with E-state index in [1.54, 1.807) is 48.5 Å². The Morgan fingerprint density at radius 3 is 2.53 bits per heavy atom. The Hall–Kier alpha value is -3.54. The summed E-state index contributed by atoms with van der Waals surface area (Å²) >= 11 is 0. The number of sulfone groups is 1. The molecule has 0 bridgehead atoms. The Labute approximate surface area is 224 Å². The van der Waals surface area contributed by atoms with Crippen LogP contribution in [0.2, 0.25) is 0 Å². The second-order valence-corrected chi connectivity index (χ2v) is 11.5. The Morgan fingerprint density at radius 1 is 1.11 bits per heavy atom. The summed E-state index contributed by atoms with van der Waals surface area (Å²) in [6.07, 6.45) is 0. The van der Waals surface area contributed by atoms with E-state index in [1.807, 2.05) is 38.1 Å². The maximum atomic E-state index is 13.1. The summed E-state index contributed by atoms with van der Waals surface area (Å²) < 4.78 is 31.8. The number of likely N-dealkylation sites (N-methyl/N-ethyl adjacent to an activating group) is 1. The summed E-state index contributed by atoms with van der Waals surface area (Å²) in [5.41, 5.74) is 1.75. The molecule has 2 aromatic carbocycles. The van der Waals surface area contributed by atoms with E-state index in [-0.39, 0.29) is 22.7 Å². The van der Waals surface area contributed by atoms with Gasteiger partial charge in [0.05, 0.1) is 35.6 Å². The quantitative estimate of drug-likeness (QED) is 0.427. The summed E-state index contributed by atoms with van der Waals surface area (Å²) in [6, 6.07) is 17.1. The van der Waals surface area contributed by atoms with Crippen molar-refractivity contribution in [3.05, 3.63) is 66.4 Å². The summed E-state index contributed by atoms with van der Waals surface area (Å²) in [4.78, 5) is 25.9. The van der Waals surface area contributed by atoms with Crippen molar-refractivity contribution < 1.29 is 17.9 Å². The second-order valence-electron chi connectivity index (χ2n) is 9.49. The van der Waals surface area contributed by atoms with E-state index < -0.39 is 9.84 Å². The van der Waals surface area contributed by atoms with Crippen molar-refractivity contribution in [3.63, 3.8) is 0 Å². The molecule has 1 saturated heterocycles. The molecule has 4 rings (SSSR count). The SMILES string of the molecule is C[C@@H]1COCCN1c1cc(CS(=O)(=O)c2ccccc2)nc(-c2ccc(NC(=O)NCCN(C)C)cc2)n1. The minimum atomic E-state index is -3.60. The minimum absolute atomic E-state index is 0.0858. The third-order valence-electron chi connectivity index (χ3n) is 6.11. The molecular weight excluding hydrogens is 504 g/mol. The molecule has 0 saturated carbocycles. The number of hydrogen-bond acceptors (Lipinski definition) is 8. The second kappa shape index (κ2) is 12.3. The van der Waals surface area contributed by atoms with Crippen LogP contribution in [0.5, 0.6) is 0 Å². The fourth-order valence-corrected chi connectivity index (χ4v) is 5.35. The van der Waals surface area contributed by atoms with Crippen LogP contribution in [0.1, 0.15) is 12.6 Å². The fourth-order valence-electron chi connectivity index (χ4n) is 4.08. The predicted molar refractivity (Wildman–Crippen MR) is 148 cm³/mol. The lowest BCUT2D eigenvalue weighted by atomic mass is 10.2. The smallest absolute Gasteiger partial charge is 0.319 e. The molecule has 38 heavy (non-hydrogen) atoms. The Bertz CT molecular complexity index is 1330. The number of rotatable bonds is 9. The van der Waals surface area contributed by atoms with Crippen LogP contribution in [-0.2, 0) is 20.3 Å². The Morgan fingerprint density at radius 2 is 1.84 bits per heavy atom. The van der Waals surface area contributed by atoms with Gasteiger partial charge in [0.25, 0.3) is 0 Å². The van der Waals surface area contributed by atoms with E-state index in [0.29, 0.717) is 54.9 Å². The third kappa shape index (κ3) is 7.27. The fraction of sp³-hybridized carbons (Fsp3) is 0.370. The van der Waals surface area contributed by atoms with Crippen LogP contribution in [0.15, 0.2) is 65.6 Å². The molecule has 2 N–H and O–H groups in total. The van der Waals surface area contributed by atoms with Crippen molar-refractivity contribution in [1.29, 1.82) is 0 Å². The standard InChI is InChI=1S/C27H34N6O4S/c1-20-18-37-16-15-33(20)25-17-23(19-38(35,36)24-7-5-4-6-8-24)29-26(31-25)21-9-11-22(12-10-21)30-27(34)28-13-14-32(2)3/h4-12,17,20H,13-16,18-19H2,1-3H3,(H2,28,30,34)/t20-/m1/s1. The third-order valence-corrected chi connectivity index (χ3v) is 7.78. The molecule has 1 aliphatic heterocycles. The van der Waals surface area contributed by atoms with Crippen LogP contribution < -0.4 is 15.5 Å². The molecule has 202 valence electrons. The zero-order valence-electron chi connectivity index (χ0n) is 21.9. The van der Waals surface area contributed by atoms with Gasteiger partial charge in [0.1, 0.15) is 5.82 Å². The van der Waals surface area contributed by atoms with Crippen molar-refractivity contribution in [2.75, 3.05) is 57.2 Å². The van der Waals surface area contributed by atoms with Gasteiger partial charge in [-0.15, -0.1) is 0 Å². The molecule has 0 spiro atoms. The van der Waals surface area contributed by atoms with Crippen molar-refractivity contribution in [2.24, 2.45) is 0 Å². The number of carbonyl (C=O) groups excluding carboxylic acids is 1. The Balaban J connectivity index is 1.59. The largest absolute Gasteiger partial charge is 0.377 e. The monoisotopic (exact) mass is 538 g/mol. The first kappa shape index (κ1) is 27.5. The number of nitrogens with one attached hydrogen (secondary N) is 2. The van der Waals surface area contributed by atoms with Crippen LogP contribution in [0.25, 0.3) is 11.4 Å². The molecule has 0 unspecified atom stereocenters. The summed E-state index contributed by atoms with van der Waals surface area (Å²) in [6.45, 7) is 5.10. The first-order chi connectivity index (χ1) is 18.2. The van der Waals surface area contributed by atoms with E-state index in [2.05, 4.69) is 20.5 Å². The highest BCUT2D eigenvalue weighted by Gasteiger charge is 2.24. The average Bonchev–Trinajstić information content (AvgIpc) is 2.89. The normalized spacial score (nSPS) is 15.9. The number of morpholine rings is 1. The van der Waals surface area contributed by atoms with E-state index in [4.69, 9.17) is 9.72 Å². The lowest BCUT2D eigenvalue weighted by Crippen LogP contribution is -2.44. The van der Waals surface area contributed by atoms with Gasteiger partial charge in [-0.2, -0.15) is 0 Å². The first-order valence-corrected chi connectivity index (χ1v) is 14.2. The van der Waals surface area contributed by atoms with Crippen LogP contribution in [-0.4, -0.2) is 82.3 Å². The number of benzene rings is 2. The molecule has 11 heteroatoms. The van der Waals surface area contributed by atoms with E-state index in [0.717, 1.165) is 6.54 Å². The molecule has 0 radical (unpaired) electrons. The van der Waals surface area contributed by atoms with Crippen molar-refractivity contribution >= 4 is 27.4 Å². The van der Waals surface area contributed by atoms with Gasteiger partial charge in [0.2, 0.25) is 0 Å². The van der Waals surface area contributed by atoms with E-state index >= 15 is 0 Å². The van der Waals surface area contributed by atoms with Gasteiger partial charge in [0, 0.05) is 37.0 Å². The number of anilines is 2. The number of ether oxygens (including phenoxy) is 1. The maximum absolute atomic E-state index is 13.1. The van der Waals surface area contributed by atoms with Gasteiger partial charge < -0.3 is 25.2 Å². The van der Waals surface area contributed by atoms with Crippen molar-refractivity contribution in [2.45, 2.75) is 23.6 Å². The first-order valence-electron chi connectivity index (χ1n) is 12.5. The van der Waals surface area contributed by atoms with Gasteiger partial charge in [-0.3, -0.25) is 0 Å². The summed E-state index contributed by atoms with van der Waals surface area (Å²) in [5.74, 6) is 0.832. The number of aromatic nitrogens is 2. The van der Waals surface area contributed by atoms with Crippen LogP contribution >= 0.6 is 0 Å². The highest BCUT2D eigenvalue weighted by molar-refractivity contribution is 7.90. The van der Waals surface area contributed by atoms with Gasteiger partial charge in [-0.05, 0) is 57.4 Å². The zero-order valence-corrected chi connectivity index (χ0v) is 22.7. The highest BCUT2D eigenvalue weighted by atomic mass is 32.2. The van der Waals surface area contributed by atoms with Crippen LogP contribution in [0, 0.1) is 0 Å². The van der Waals surface area contributed by atoms with E-state index in [1.165, 1.54) is 0 Å². The maximum Gasteiger partial charge on any atom is 0.319 e.